The first kappa shape index (κ1) is 16.3. The topological polar surface area (TPSA) is 78.7 Å². The van der Waals surface area contributed by atoms with E-state index in [1.807, 2.05) is 31.5 Å². The van der Waals surface area contributed by atoms with Gasteiger partial charge in [-0.2, -0.15) is 0 Å². The molecule has 25 heavy (non-hydrogen) atoms. The molecule has 2 unspecified atom stereocenters. The van der Waals surface area contributed by atoms with E-state index in [-0.39, 0.29) is 5.91 Å². The number of nitrogens with one attached hydrogen (secondary N) is 1. The number of carbonyl (C=O) groups is 1. The van der Waals surface area contributed by atoms with E-state index in [9.17, 15) is 4.79 Å². The Kier molecular flexibility index (Phi) is 4.07. The van der Waals surface area contributed by atoms with Crippen LogP contribution in [0.3, 0.4) is 0 Å². The predicted molar refractivity (Wildman–Crippen MR) is 94.4 cm³/mol. The summed E-state index contributed by atoms with van der Waals surface area (Å²) in [4.78, 5) is 20.8. The lowest BCUT2D eigenvalue weighted by atomic mass is 9.97. The Morgan fingerprint density at radius 1 is 1.32 bits per heavy atom. The molecule has 2 aliphatic rings. The number of hydrogen-bond acceptors (Lipinski definition) is 6. The van der Waals surface area contributed by atoms with Gasteiger partial charge in [-0.15, -0.1) is 10.2 Å². The molecule has 2 aliphatic heterocycles. The number of hydrogen-bond donors (Lipinski definition) is 1. The highest BCUT2D eigenvalue weighted by atomic mass is 16.2. The quantitative estimate of drug-likeness (QED) is 0.890. The van der Waals surface area contributed by atoms with Crippen molar-refractivity contribution in [2.75, 3.05) is 26.0 Å². The number of fused-ring (bicyclic) bond motifs is 3. The molecular formula is C17H25N7O. The Morgan fingerprint density at radius 2 is 2.04 bits per heavy atom. The van der Waals surface area contributed by atoms with Gasteiger partial charge in [0.25, 0.3) is 0 Å². The molecule has 0 radical (unpaired) electrons. The maximum atomic E-state index is 12.1. The van der Waals surface area contributed by atoms with Gasteiger partial charge in [0.15, 0.2) is 5.65 Å². The van der Waals surface area contributed by atoms with Crippen molar-refractivity contribution in [2.45, 2.75) is 50.7 Å². The summed E-state index contributed by atoms with van der Waals surface area (Å²) in [6, 6.07) is 3.31. The molecule has 0 saturated carbocycles. The van der Waals surface area contributed by atoms with E-state index >= 15 is 0 Å². The van der Waals surface area contributed by atoms with Gasteiger partial charge in [-0.3, -0.25) is 14.1 Å². The second-order valence-corrected chi connectivity index (χ2v) is 7.41. The van der Waals surface area contributed by atoms with E-state index in [0.29, 0.717) is 24.7 Å². The van der Waals surface area contributed by atoms with Gasteiger partial charge in [-0.1, -0.05) is 0 Å². The molecule has 0 aliphatic carbocycles. The monoisotopic (exact) mass is 343 g/mol. The number of piperidine rings is 1. The van der Waals surface area contributed by atoms with Crippen LogP contribution in [-0.4, -0.2) is 74.1 Å². The maximum Gasteiger partial charge on any atom is 0.236 e. The minimum atomic E-state index is 0.192. The van der Waals surface area contributed by atoms with Gasteiger partial charge in [0, 0.05) is 38.3 Å². The lowest BCUT2D eigenvalue weighted by molar-refractivity contribution is -0.131. The highest BCUT2D eigenvalue weighted by Gasteiger charge is 2.41. The number of aryl methyl sites for hydroxylation is 1. The second kappa shape index (κ2) is 6.25. The van der Waals surface area contributed by atoms with Gasteiger partial charge in [0.1, 0.15) is 18.0 Å². The number of amides is 1. The van der Waals surface area contributed by atoms with Gasteiger partial charge in [-0.25, -0.2) is 4.98 Å². The van der Waals surface area contributed by atoms with Crippen molar-refractivity contribution in [1.82, 2.24) is 29.4 Å². The summed E-state index contributed by atoms with van der Waals surface area (Å²) in [5, 5.41) is 11.6. The Bertz CT molecular complexity index is 772. The zero-order valence-electron chi connectivity index (χ0n) is 15.0. The summed E-state index contributed by atoms with van der Waals surface area (Å²) in [5.41, 5.74) is 0.812. The van der Waals surface area contributed by atoms with Crippen molar-refractivity contribution in [3.05, 3.63) is 18.2 Å². The van der Waals surface area contributed by atoms with Crippen LogP contribution in [0.25, 0.3) is 5.65 Å². The molecular weight excluding hydrogens is 318 g/mol. The Labute approximate surface area is 147 Å². The first-order valence-electron chi connectivity index (χ1n) is 8.91. The third-order valence-corrected chi connectivity index (χ3v) is 5.52. The van der Waals surface area contributed by atoms with Crippen LogP contribution in [0.15, 0.2) is 12.4 Å². The van der Waals surface area contributed by atoms with Crippen LogP contribution < -0.4 is 5.32 Å². The van der Waals surface area contributed by atoms with Gasteiger partial charge in [-0.05, 0) is 32.6 Å². The minimum absolute atomic E-state index is 0.192. The molecule has 1 N–H and O–H groups in total. The average molecular weight is 343 g/mol. The van der Waals surface area contributed by atoms with Gasteiger partial charge < -0.3 is 10.2 Å². The van der Waals surface area contributed by atoms with E-state index in [1.165, 1.54) is 12.8 Å². The summed E-state index contributed by atoms with van der Waals surface area (Å²) in [5.74, 6) is 1.93. The largest absolute Gasteiger partial charge is 0.367 e. The van der Waals surface area contributed by atoms with Crippen LogP contribution in [0, 0.1) is 6.92 Å². The maximum absolute atomic E-state index is 12.1. The molecule has 2 aromatic heterocycles. The Balaban J connectivity index is 1.44. The first-order chi connectivity index (χ1) is 12.0. The molecule has 0 spiro atoms. The molecule has 2 saturated heterocycles. The van der Waals surface area contributed by atoms with Crippen molar-refractivity contribution in [3.63, 3.8) is 0 Å². The van der Waals surface area contributed by atoms with Crippen LogP contribution in [0.1, 0.15) is 31.5 Å². The lowest BCUT2D eigenvalue weighted by Gasteiger charge is -2.39. The smallest absolute Gasteiger partial charge is 0.236 e. The summed E-state index contributed by atoms with van der Waals surface area (Å²) >= 11 is 0. The van der Waals surface area contributed by atoms with Crippen LogP contribution >= 0.6 is 0 Å². The molecule has 2 bridgehead atoms. The molecule has 0 aromatic carbocycles. The Morgan fingerprint density at radius 3 is 2.72 bits per heavy atom. The molecule has 2 aromatic rings. The predicted octanol–water partition coefficient (Wildman–Crippen LogP) is 0.928. The van der Waals surface area contributed by atoms with Crippen molar-refractivity contribution < 1.29 is 4.79 Å². The highest BCUT2D eigenvalue weighted by molar-refractivity contribution is 5.77. The van der Waals surface area contributed by atoms with E-state index in [0.717, 1.165) is 30.1 Å². The SMILES string of the molecule is Cc1nc(NC2CC3CCC(C2)N3CC(=O)N(C)C)cc2nncn12. The number of likely N-dealkylation sites (N-methyl/N-ethyl adjacent to an activating group) is 1. The second-order valence-electron chi connectivity index (χ2n) is 7.41. The van der Waals surface area contributed by atoms with Gasteiger partial charge in [0.2, 0.25) is 5.91 Å². The summed E-state index contributed by atoms with van der Waals surface area (Å²) < 4.78 is 1.88. The van der Waals surface area contributed by atoms with Crippen LogP contribution in [0.2, 0.25) is 0 Å². The molecule has 2 fully saturated rings. The normalized spacial score (nSPS) is 26.1. The molecule has 8 nitrogen and oxygen atoms in total. The summed E-state index contributed by atoms with van der Waals surface area (Å²) in [6.07, 6.45) is 6.14. The Hall–Kier alpha value is -2.22. The van der Waals surface area contributed by atoms with Gasteiger partial charge >= 0.3 is 0 Å². The molecule has 4 rings (SSSR count). The van der Waals surface area contributed by atoms with Crippen LogP contribution in [0.4, 0.5) is 5.82 Å². The van der Waals surface area contributed by atoms with Gasteiger partial charge in [0.05, 0.1) is 6.54 Å². The van der Waals surface area contributed by atoms with Crippen LogP contribution in [0.5, 0.6) is 0 Å². The third kappa shape index (κ3) is 3.06. The zero-order chi connectivity index (χ0) is 17.6. The first-order valence-corrected chi connectivity index (χ1v) is 8.91. The highest BCUT2D eigenvalue weighted by Crippen LogP contribution is 2.36. The van der Waals surface area contributed by atoms with E-state index in [2.05, 4.69) is 25.4 Å². The lowest BCUT2D eigenvalue weighted by Crippen LogP contribution is -2.50. The van der Waals surface area contributed by atoms with Crippen molar-refractivity contribution >= 4 is 17.4 Å². The van der Waals surface area contributed by atoms with Crippen molar-refractivity contribution in [1.29, 1.82) is 0 Å². The summed E-state index contributed by atoms with van der Waals surface area (Å²) in [6.45, 7) is 2.50. The standard InChI is InChI=1S/C17H25N7O/c1-11-19-15(8-16-21-18-10-24(11)16)20-12-6-13-4-5-14(7-12)23(13)9-17(25)22(2)3/h8,10,12-14,20H,4-7,9H2,1-3H3. The number of carbonyl (C=O) groups excluding carboxylic acids is 1. The molecule has 134 valence electrons. The number of anilines is 1. The number of nitrogens with zero attached hydrogens (tertiary/aromatic N) is 6. The van der Waals surface area contributed by atoms with E-state index in [1.54, 1.807) is 11.2 Å². The molecule has 2 atom stereocenters. The fraction of sp³-hybridized carbons (Fsp3) is 0.647. The molecule has 1 amide bonds. The number of rotatable bonds is 4. The molecule has 8 heteroatoms. The average Bonchev–Trinajstić information content (AvgIpc) is 3.10. The zero-order valence-corrected chi connectivity index (χ0v) is 15.0. The van der Waals surface area contributed by atoms with E-state index < -0.39 is 0 Å². The van der Waals surface area contributed by atoms with Crippen molar-refractivity contribution in [2.24, 2.45) is 0 Å². The van der Waals surface area contributed by atoms with E-state index in [4.69, 9.17) is 0 Å². The summed E-state index contributed by atoms with van der Waals surface area (Å²) in [7, 11) is 3.65. The minimum Gasteiger partial charge on any atom is -0.367 e. The number of aromatic nitrogens is 4. The molecule has 4 heterocycles. The van der Waals surface area contributed by atoms with Crippen molar-refractivity contribution in [3.8, 4) is 0 Å². The fourth-order valence-corrected chi connectivity index (χ4v) is 4.21. The fourth-order valence-electron chi connectivity index (χ4n) is 4.21. The third-order valence-electron chi connectivity index (χ3n) is 5.52. The van der Waals surface area contributed by atoms with Crippen LogP contribution in [-0.2, 0) is 4.79 Å².